The maximum Gasteiger partial charge on any atom is 0.291 e. The topological polar surface area (TPSA) is 72.2 Å². The van der Waals surface area contributed by atoms with E-state index in [4.69, 9.17) is 11.6 Å². The van der Waals surface area contributed by atoms with E-state index in [9.17, 15) is 4.79 Å². The van der Waals surface area contributed by atoms with E-state index in [0.717, 1.165) is 24.1 Å². The molecule has 2 aromatic heterocycles. The Morgan fingerprint density at radius 3 is 2.71 bits per heavy atom. The van der Waals surface area contributed by atoms with Gasteiger partial charge >= 0.3 is 0 Å². The van der Waals surface area contributed by atoms with Crippen molar-refractivity contribution in [2.75, 3.05) is 0 Å². The number of rotatable bonds is 4. The number of aryl methyl sites for hydroxylation is 1. The Morgan fingerprint density at radius 2 is 2.04 bits per heavy atom. The highest BCUT2D eigenvalue weighted by Crippen LogP contribution is 2.41. The molecule has 1 unspecified atom stereocenters. The second kappa shape index (κ2) is 5.87. The molecule has 6 nitrogen and oxygen atoms in total. The number of nitrogens with zero attached hydrogens (tertiary/aromatic N) is 4. The van der Waals surface area contributed by atoms with E-state index in [1.807, 2.05) is 37.3 Å². The molecule has 0 saturated heterocycles. The molecule has 1 amide bonds. The van der Waals surface area contributed by atoms with Gasteiger partial charge in [-0.3, -0.25) is 4.79 Å². The number of halogens is 1. The number of benzene rings is 1. The standard InChI is InChI=1S/C17H16ClN5O/c1-10-8-9-19-17-21-15(22-23(10)17)16(24)20-14(11-2-3-11)12-4-6-13(18)7-5-12/h4-9,11,14H,2-3H2,1H3,(H,20,24). The SMILES string of the molecule is Cc1ccnc2nc(C(=O)NC(c3ccc(Cl)cc3)C3CC3)nn12. The summed E-state index contributed by atoms with van der Waals surface area (Å²) < 4.78 is 1.57. The summed E-state index contributed by atoms with van der Waals surface area (Å²) in [6, 6.07) is 9.37. The van der Waals surface area contributed by atoms with Gasteiger partial charge in [0.25, 0.3) is 11.7 Å². The normalized spacial score (nSPS) is 15.4. The van der Waals surface area contributed by atoms with Crippen LogP contribution in [0.5, 0.6) is 0 Å². The Kier molecular flexibility index (Phi) is 3.69. The van der Waals surface area contributed by atoms with Crippen molar-refractivity contribution in [1.82, 2.24) is 24.9 Å². The third kappa shape index (κ3) is 2.85. The molecule has 1 atom stereocenters. The van der Waals surface area contributed by atoms with E-state index < -0.39 is 0 Å². The molecule has 7 heteroatoms. The molecule has 1 aromatic carbocycles. The molecule has 3 aromatic rings. The maximum atomic E-state index is 12.6. The number of hydrogen-bond donors (Lipinski definition) is 1. The Balaban J connectivity index is 1.60. The van der Waals surface area contributed by atoms with Crippen LogP contribution in [0.4, 0.5) is 0 Å². The summed E-state index contributed by atoms with van der Waals surface area (Å²) in [6.07, 6.45) is 3.86. The lowest BCUT2D eigenvalue weighted by Crippen LogP contribution is -2.30. The predicted molar refractivity (Wildman–Crippen MR) is 89.9 cm³/mol. The molecule has 4 rings (SSSR count). The third-order valence-corrected chi connectivity index (χ3v) is 4.49. The van der Waals surface area contributed by atoms with Crippen LogP contribution in [0.1, 0.15) is 40.8 Å². The quantitative estimate of drug-likeness (QED) is 0.791. The van der Waals surface area contributed by atoms with Crippen LogP contribution >= 0.6 is 11.6 Å². The summed E-state index contributed by atoms with van der Waals surface area (Å²) >= 11 is 5.96. The van der Waals surface area contributed by atoms with Gasteiger partial charge in [0.05, 0.1) is 6.04 Å². The summed E-state index contributed by atoms with van der Waals surface area (Å²) in [6.45, 7) is 1.89. The van der Waals surface area contributed by atoms with Crippen molar-refractivity contribution < 1.29 is 4.79 Å². The maximum absolute atomic E-state index is 12.6. The third-order valence-electron chi connectivity index (χ3n) is 4.24. The van der Waals surface area contributed by atoms with E-state index in [-0.39, 0.29) is 17.8 Å². The van der Waals surface area contributed by atoms with Crippen LogP contribution in [0.3, 0.4) is 0 Å². The number of hydrogen-bond acceptors (Lipinski definition) is 4. The number of carbonyl (C=O) groups excluding carboxylic acids is 1. The van der Waals surface area contributed by atoms with Crippen molar-refractivity contribution in [2.24, 2.45) is 5.92 Å². The first-order valence-electron chi connectivity index (χ1n) is 7.86. The molecular formula is C17H16ClN5O. The Hall–Kier alpha value is -2.47. The Labute approximate surface area is 143 Å². The zero-order valence-electron chi connectivity index (χ0n) is 13.1. The average Bonchev–Trinajstić information content (AvgIpc) is 3.31. The molecular weight excluding hydrogens is 326 g/mol. The summed E-state index contributed by atoms with van der Waals surface area (Å²) in [4.78, 5) is 21.0. The van der Waals surface area contributed by atoms with Gasteiger partial charge < -0.3 is 5.32 Å². The first kappa shape index (κ1) is 15.1. The highest BCUT2D eigenvalue weighted by molar-refractivity contribution is 6.30. The smallest absolute Gasteiger partial charge is 0.291 e. The van der Waals surface area contributed by atoms with Crippen molar-refractivity contribution >= 4 is 23.3 Å². The molecule has 1 aliphatic carbocycles. The van der Waals surface area contributed by atoms with Crippen molar-refractivity contribution in [1.29, 1.82) is 0 Å². The molecule has 0 aliphatic heterocycles. The Morgan fingerprint density at radius 1 is 1.29 bits per heavy atom. The number of carbonyl (C=O) groups is 1. The fourth-order valence-electron chi connectivity index (χ4n) is 2.78. The molecule has 1 N–H and O–H groups in total. The highest BCUT2D eigenvalue weighted by atomic mass is 35.5. The van der Waals surface area contributed by atoms with E-state index in [0.29, 0.717) is 16.7 Å². The van der Waals surface area contributed by atoms with Gasteiger partial charge in [-0.05, 0) is 49.4 Å². The van der Waals surface area contributed by atoms with Crippen LogP contribution in [-0.4, -0.2) is 25.5 Å². The van der Waals surface area contributed by atoms with Crippen LogP contribution in [0.2, 0.25) is 5.02 Å². The van der Waals surface area contributed by atoms with Crippen LogP contribution in [0, 0.1) is 12.8 Å². The zero-order chi connectivity index (χ0) is 16.7. The van der Waals surface area contributed by atoms with Gasteiger partial charge in [-0.2, -0.15) is 4.98 Å². The highest BCUT2D eigenvalue weighted by Gasteiger charge is 2.34. The molecule has 1 fully saturated rings. The number of aromatic nitrogens is 4. The van der Waals surface area contributed by atoms with E-state index in [1.54, 1.807) is 10.7 Å². The van der Waals surface area contributed by atoms with Gasteiger partial charge in [0.2, 0.25) is 5.82 Å². The van der Waals surface area contributed by atoms with E-state index in [2.05, 4.69) is 20.4 Å². The molecule has 24 heavy (non-hydrogen) atoms. The first-order valence-corrected chi connectivity index (χ1v) is 8.24. The predicted octanol–water partition coefficient (Wildman–Crippen LogP) is 2.97. The van der Waals surface area contributed by atoms with Crippen molar-refractivity contribution in [3.8, 4) is 0 Å². The lowest BCUT2D eigenvalue weighted by molar-refractivity contribution is 0.0921. The molecule has 2 heterocycles. The van der Waals surface area contributed by atoms with Crippen molar-refractivity contribution in [2.45, 2.75) is 25.8 Å². The van der Waals surface area contributed by atoms with Gasteiger partial charge in [-0.25, -0.2) is 9.50 Å². The second-order valence-electron chi connectivity index (χ2n) is 6.07. The lowest BCUT2D eigenvalue weighted by atomic mass is 10.0. The first-order chi connectivity index (χ1) is 11.6. The monoisotopic (exact) mass is 341 g/mol. The molecule has 0 bridgehead atoms. The summed E-state index contributed by atoms with van der Waals surface area (Å²) in [5.41, 5.74) is 1.93. The van der Waals surface area contributed by atoms with Gasteiger partial charge in [0.15, 0.2) is 0 Å². The minimum absolute atomic E-state index is 0.0459. The number of fused-ring (bicyclic) bond motifs is 1. The summed E-state index contributed by atoms with van der Waals surface area (Å²) in [7, 11) is 0. The van der Waals surface area contributed by atoms with E-state index >= 15 is 0 Å². The van der Waals surface area contributed by atoms with Crippen LogP contribution < -0.4 is 5.32 Å². The Bertz CT molecular complexity index is 901. The summed E-state index contributed by atoms with van der Waals surface area (Å²) in [5, 5.41) is 8.01. The largest absolute Gasteiger partial charge is 0.342 e. The van der Waals surface area contributed by atoms with Crippen molar-refractivity contribution in [3.63, 3.8) is 0 Å². The molecule has 0 radical (unpaired) electrons. The van der Waals surface area contributed by atoms with Crippen LogP contribution in [-0.2, 0) is 0 Å². The van der Waals surface area contributed by atoms with E-state index in [1.165, 1.54) is 0 Å². The fraction of sp³-hybridized carbons (Fsp3) is 0.294. The number of nitrogens with one attached hydrogen (secondary N) is 1. The fourth-order valence-corrected chi connectivity index (χ4v) is 2.91. The molecule has 0 spiro atoms. The minimum atomic E-state index is -0.285. The zero-order valence-corrected chi connectivity index (χ0v) is 13.9. The van der Waals surface area contributed by atoms with Crippen molar-refractivity contribution in [3.05, 3.63) is 58.6 Å². The van der Waals surface area contributed by atoms with Gasteiger partial charge in [0.1, 0.15) is 0 Å². The second-order valence-corrected chi connectivity index (χ2v) is 6.51. The molecule has 1 saturated carbocycles. The van der Waals surface area contributed by atoms with Crippen LogP contribution in [0.15, 0.2) is 36.5 Å². The number of amides is 1. The van der Waals surface area contributed by atoms with Gasteiger partial charge in [-0.15, -0.1) is 5.10 Å². The molecule has 1 aliphatic rings. The molecule has 122 valence electrons. The lowest BCUT2D eigenvalue weighted by Gasteiger charge is -2.18. The van der Waals surface area contributed by atoms with Crippen LogP contribution in [0.25, 0.3) is 5.78 Å². The summed E-state index contributed by atoms with van der Waals surface area (Å²) in [5.74, 6) is 0.727. The van der Waals surface area contributed by atoms with Gasteiger partial charge in [0, 0.05) is 16.9 Å². The average molecular weight is 342 g/mol. The van der Waals surface area contributed by atoms with Gasteiger partial charge in [-0.1, -0.05) is 23.7 Å². The minimum Gasteiger partial charge on any atom is -0.342 e.